The Bertz CT molecular complexity index is 1070. The first kappa shape index (κ1) is 21.0. The van der Waals surface area contributed by atoms with Gasteiger partial charge in [0.25, 0.3) is 6.47 Å². The number of nitrogens with zero attached hydrogens (tertiary/aromatic N) is 1. The smallest absolute Gasteiger partial charge is 0.298 e. The van der Waals surface area contributed by atoms with Gasteiger partial charge in [0.05, 0.1) is 11.5 Å². The van der Waals surface area contributed by atoms with Crippen molar-refractivity contribution in [3.63, 3.8) is 0 Å². The molecule has 4 rings (SSSR count). The van der Waals surface area contributed by atoms with Crippen molar-refractivity contribution in [2.45, 2.75) is 38.2 Å². The van der Waals surface area contributed by atoms with E-state index >= 15 is 0 Å². The molecular weight excluding hydrogens is 414 g/mol. The van der Waals surface area contributed by atoms with E-state index < -0.39 is 0 Å². The van der Waals surface area contributed by atoms with Gasteiger partial charge in [0, 0.05) is 12.8 Å². The number of carbonyl (C=O) groups excluding carboxylic acids is 1. The van der Waals surface area contributed by atoms with Gasteiger partial charge in [-0.3, -0.25) is 4.79 Å². The van der Waals surface area contributed by atoms with Gasteiger partial charge in [-0.1, -0.05) is 23.5 Å². The Morgan fingerprint density at radius 2 is 1.97 bits per heavy atom. The van der Waals surface area contributed by atoms with Crippen molar-refractivity contribution in [2.75, 3.05) is 18.1 Å². The van der Waals surface area contributed by atoms with E-state index in [0.29, 0.717) is 36.2 Å². The zero-order valence-electron chi connectivity index (χ0n) is 17.3. The number of hydrogen-bond acceptors (Lipinski definition) is 8. The number of rotatable bonds is 8. The predicted molar refractivity (Wildman–Crippen MR) is 121 cm³/mol. The van der Waals surface area contributed by atoms with Gasteiger partial charge in [0.15, 0.2) is 5.13 Å². The second kappa shape index (κ2) is 8.85. The third-order valence-electron chi connectivity index (χ3n) is 5.43. The quantitative estimate of drug-likeness (QED) is 0.511. The van der Waals surface area contributed by atoms with Crippen LogP contribution in [0, 0.1) is 0 Å². The summed E-state index contributed by atoms with van der Waals surface area (Å²) >= 11 is 1.42. The molecule has 1 aliphatic rings. The third-order valence-corrected chi connectivity index (χ3v) is 6.33. The highest BCUT2D eigenvalue weighted by atomic mass is 32.1. The largest absolute Gasteiger partial charge is 0.493 e. The van der Waals surface area contributed by atoms with E-state index in [-0.39, 0.29) is 5.60 Å². The van der Waals surface area contributed by atoms with Crippen LogP contribution in [-0.2, 0) is 17.6 Å². The number of hydrogen-bond donors (Lipinski definition) is 2. The molecule has 8 heteroatoms. The van der Waals surface area contributed by atoms with E-state index in [4.69, 9.17) is 25.7 Å². The van der Waals surface area contributed by atoms with Crippen molar-refractivity contribution in [1.29, 1.82) is 0 Å². The molecule has 7 nitrogen and oxygen atoms in total. The molecule has 0 amide bonds. The molecule has 0 aliphatic carbocycles. The predicted octanol–water partition coefficient (Wildman–Crippen LogP) is 3.99. The van der Waals surface area contributed by atoms with E-state index in [2.05, 4.69) is 11.9 Å². The number of carbonyl (C=O) groups is 1. The van der Waals surface area contributed by atoms with Gasteiger partial charge in [-0.05, 0) is 61.2 Å². The van der Waals surface area contributed by atoms with E-state index in [1.807, 2.05) is 36.4 Å². The summed E-state index contributed by atoms with van der Waals surface area (Å²) in [6.07, 6.45) is 3.19. The highest BCUT2D eigenvalue weighted by molar-refractivity contribution is 7.15. The number of anilines is 2. The number of nitrogen functional groups attached to an aromatic ring is 2. The molecule has 31 heavy (non-hydrogen) atoms. The Morgan fingerprint density at radius 3 is 2.68 bits per heavy atom. The number of nitrogens with two attached hydrogens (primary N) is 2. The molecule has 2 heterocycles. The number of benzene rings is 2. The van der Waals surface area contributed by atoms with E-state index in [0.717, 1.165) is 46.8 Å². The van der Waals surface area contributed by atoms with Crippen LogP contribution >= 0.6 is 11.3 Å². The van der Waals surface area contributed by atoms with Crippen LogP contribution in [0.2, 0.25) is 0 Å². The molecule has 162 valence electrons. The van der Waals surface area contributed by atoms with Crippen LogP contribution < -0.4 is 25.7 Å². The number of thiazole rings is 1. The van der Waals surface area contributed by atoms with Gasteiger partial charge < -0.3 is 25.7 Å². The Kier molecular flexibility index (Phi) is 5.99. The Balaban J connectivity index is 1.30. The van der Waals surface area contributed by atoms with Gasteiger partial charge in [0.2, 0.25) is 0 Å². The second-order valence-corrected chi connectivity index (χ2v) is 8.93. The fraction of sp³-hybridized carbons (Fsp3) is 0.304. The van der Waals surface area contributed by atoms with Crippen LogP contribution in [0.5, 0.6) is 17.2 Å². The monoisotopic (exact) mass is 439 g/mol. The molecule has 0 spiro atoms. The molecule has 0 fully saturated rings. The highest BCUT2D eigenvalue weighted by Gasteiger charge is 2.31. The van der Waals surface area contributed by atoms with Gasteiger partial charge in [-0.15, -0.1) is 0 Å². The van der Waals surface area contributed by atoms with Crippen molar-refractivity contribution in [2.24, 2.45) is 0 Å². The Hall–Kier alpha value is -3.26. The molecule has 2 aromatic carbocycles. The number of aromatic nitrogens is 1. The maximum absolute atomic E-state index is 10.5. The molecule has 1 atom stereocenters. The standard InChI is InChI=1S/C23H25N3O4S/c1-23(9-8-16-13-18(29-14-27)6-7-19(16)30-23)10-11-28-17-4-2-15(3-5-17)12-20-21(24)26-22(25)31-20/h2-7,13-14H,8-12,24H2,1H3,(H2,25,26). The molecule has 3 aromatic rings. The van der Waals surface area contributed by atoms with Gasteiger partial charge in [-0.25, -0.2) is 4.98 Å². The molecule has 1 aromatic heterocycles. The lowest BCUT2D eigenvalue weighted by Crippen LogP contribution is -2.37. The van der Waals surface area contributed by atoms with Crippen LogP contribution in [0.15, 0.2) is 42.5 Å². The first-order chi connectivity index (χ1) is 14.9. The average molecular weight is 440 g/mol. The Labute approximate surface area is 185 Å². The fourth-order valence-electron chi connectivity index (χ4n) is 3.65. The lowest BCUT2D eigenvalue weighted by Gasteiger charge is -2.36. The number of fused-ring (bicyclic) bond motifs is 1. The fourth-order valence-corrected chi connectivity index (χ4v) is 4.44. The van der Waals surface area contributed by atoms with Crippen LogP contribution in [0.1, 0.15) is 35.8 Å². The lowest BCUT2D eigenvalue weighted by molar-refractivity contribution is -0.120. The summed E-state index contributed by atoms with van der Waals surface area (Å²) < 4.78 is 17.1. The van der Waals surface area contributed by atoms with Gasteiger partial charge in [0.1, 0.15) is 28.7 Å². The van der Waals surface area contributed by atoms with E-state index in [1.165, 1.54) is 11.3 Å². The van der Waals surface area contributed by atoms with Crippen molar-refractivity contribution in [3.8, 4) is 17.2 Å². The van der Waals surface area contributed by atoms with Gasteiger partial charge in [-0.2, -0.15) is 0 Å². The molecule has 1 aliphatic heterocycles. The van der Waals surface area contributed by atoms with Gasteiger partial charge >= 0.3 is 0 Å². The first-order valence-corrected chi connectivity index (χ1v) is 10.9. The minimum atomic E-state index is -0.302. The SMILES string of the molecule is CC1(CCOc2ccc(Cc3sc(N)nc3N)cc2)CCc2cc(OC=O)ccc2O1. The minimum absolute atomic E-state index is 0.302. The maximum atomic E-state index is 10.5. The summed E-state index contributed by atoms with van der Waals surface area (Å²) in [5, 5.41) is 0.489. The normalized spacial score (nSPS) is 17.5. The molecule has 4 N–H and O–H groups in total. The summed E-state index contributed by atoms with van der Waals surface area (Å²) in [7, 11) is 0. The highest BCUT2D eigenvalue weighted by Crippen LogP contribution is 2.37. The molecular formula is C23H25N3O4S. The summed E-state index contributed by atoms with van der Waals surface area (Å²) in [6.45, 7) is 3.09. The first-order valence-electron chi connectivity index (χ1n) is 10.1. The zero-order chi connectivity index (χ0) is 21.8. The number of ether oxygens (including phenoxy) is 3. The van der Waals surface area contributed by atoms with Crippen molar-refractivity contribution in [3.05, 3.63) is 58.5 Å². The topological polar surface area (TPSA) is 110 Å². The minimum Gasteiger partial charge on any atom is -0.493 e. The van der Waals surface area contributed by atoms with Crippen molar-refractivity contribution in [1.82, 2.24) is 4.98 Å². The van der Waals surface area contributed by atoms with E-state index in [1.54, 1.807) is 6.07 Å². The second-order valence-electron chi connectivity index (χ2n) is 7.82. The summed E-state index contributed by atoms with van der Waals surface area (Å²) in [4.78, 5) is 15.5. The van der Waals surface area contributed by atoms with Crippen LogP contribution in [0.4, 0.5) is 10.9 Å². The molecule has 0 bridgehead atoms. The third kappa shape index (κ3) is 5.08. The number of aryl methyl sites for hydroxylation is 1. The zero-order valence-corrected chi connectivity index (χ0v) is 18.1. The van der Waals surface area contributed by atoms with Crippen molar-refractivity contribution >= 4 is 28.8 Å². The molecule has 0 radical (unpaired) electrons. The van der Waals surface area contributed by atoms with Crippen LogP contribution in [-0.4, -0.2) is 23.7 Å². The molecule has 0 saturated carbocycles. The molecule has 1 unspecified atom stereocenters. The Morgan fingerprint density at radius 1 is 1.19 bits per heavy atom. The van der Waals surface area contributed by atoms with Crippen LogP contribution in [0.3, 0.4) is 0 Å². The summed E-state index contributed by atoms with van der Waals surface area (Å²) in [5.74, 6) is 2.68. The summed E-state index contributed by atoms with van der Waals surface area (Å²) in [5.41, 5.74) is 13.5. The van der Waals surface area contributed by atoms with E-state index in [9.17, 15) is 4.79 Å². The maximum Gasteiger partial charge on any atom is 0.298 e. The lowest BCUT2D eigenvalue weighted by atomic mass is 9.90. The van der Waals surface area contributed by atoms with Crippen molar-refractivity contribution < 1.29 is 19.0 Å². The molecule has 0 saturated heterocycles. The average Bonchev–Trinajstić information content (AvgIpc) is 3.06. The summed E-state index contributed by atoms with van der Waals surface area (Å²) in [6, 6.07) is 13.4. The van der Waals surface area contributed by atoms with Crippen LogP contribution in [0.25, 0.3) is 0 Å².